The minimum atomic E-state index is -0.329. The van der Waals surface area contributed by atoms with E-state index in [4.69, 9.17) is 14.0 Å². The van der Waals surface area contributed by atoms with Gasteiger partial charge in [0, 0.05) is 5.56 Å². The Balaban J connectivity index is 1.76. The van der Waals surface area contributed by atoms with Gasteiger partial charge in [-0.15, -0.1) is 0 Å². The van der Waals surface area contributed by atoms with Gasteiger partial charge in [-0.2, -0.15) is 4.98 Å². The van der Waals surface area contributed by atoms with Crippen molar-refractivity contribution in [2.45, 2.75) is 20.0 Å². The van der Waals surface area contributed by atoms with Gasteiger partial charge in [0.25, 0.3) is 5.89 Å². The van der Waals surface area contributed by atoms with Crippen LogP contribution in [0.5, 0.6) is 11.5 Å². The molecule has 0 bridgehead atoms. The number of aromatic nitrogens is 2. The molecule has 0 aliphatic rings. The maximum absolute atomic E-state index is 5.83. The number of nitrogens with zero attached hydrogens (tertiary/aromatic N) is 2. The molecule has 5 heteroatoms. The van der Waals surface area contributed by atoms with Gasteiger partial charge in [0.15, 0.2) is 6.10 Å². The molecule has 0 N–H and O–H groups in total. The minimum Gasteiger partial charge on any atom is -0.497 e. The number of hydrogen-bond acceptors (Lipinski definition) is 5. The Hall–Kier alpha value is -2.82. The molecule has 1 heterocycles. The second-order valence-electron chi connectivity index (χ2n) is 5.26. The molecule has 2 aromatic carbocycles. The van der Waals surface area contributed by atoms with E-state index in [-0.39, 0.29) is 6.10 Å². The van der Waals surface area contributed by atoms with Crippen molar-refractivity contribution < 1.29 is 14.0 Å². The molecule has 0 saturated carbocycles. The third-order valence-electron chi connectivity index (χ3n) is 3.45. The van der Waals surface area contributed by atoms with Crippen molar-refractivity contribution in [2.75, 3.05) is 7.11 Å². The fraction of sp³-hybridized carbons (Fsp3) is 0.222. The molecule has 0 saturated heterocycles. The summed E-state index contributed by atoms with van der Waals surface area (Å²) in [4.78, 5) is 4.41. The summed E-state index contributed by atoms with van der Waals surface area (Å²) in [5.41, 5.74) is 2.02. The van der Waals surface area contributed by atoms with Crippen molar-refractivity contribution in [2.24, 2.45) is 0 Å². The molecule has 0 aliphatic heterocycles. The Morgan fingerprint density at radius 3 is 2.57 bits per heavy atom. The fourth-order valence-corrected chi connectivity index (χ4v) is 2.15. The number of rotatable bonds is 5. The Kier molecular flexibility index (Phi) is 4.28. The summed E-state index contributed by atoms with van der Waals surface area (Å²) in [5.74, 6) is 2.46. The van der Waals surface area contributed by atoms with Crippen LogP contribution in [-0.4, -0.2) is 17.3 Å². The van der Waals surface area contributed by atoms with Crippen LogP contribution >= 0.6 is 0 Å². The number of benzene rings is 2. The lowest BCUT2D eigenvalue weighted by Gasteiger charge is -2.10. The van der Waals surface area contributed by atoms with Crippen molar-refractivity contribution in [3.8, 4) is 22.9 Å². The summed E-state index contributed by atoms with van der Waals surface area (Å²) >= 11 is 0. The number of methoxy groups -OCH3 is 1. The van der Waals surface area contributed by atoms with Gasteiger partial charge in [0.2, 0.25) is 5.82 Å². The van der Waals surface area contributed by atoms with E-state index in [1.165, 1.54) is 5.56 Å². The largest absolute Gasteiger partial charge is 0.497 e. The highest BCUT2D eigenvalue weighted by Crippen LogP contribution is 2.25. The summed E-state index contributed by atoms with van der Waals surface area (Å²) in [6, 6.07) is 15.4. The lowest BCUT2D eigenvalue weighted by atomic mass is 10.2. The molecule has 1 unspecified atom stereocenters. The smallest absolute Gasteiger partial charge is 0.267 e. The highest BCUT2D eigenvalue weighted by molar-refractivity contribution is 5.56. The normalized spacial score (nSPS) is 12.0. The lowest BCUT2D eigenvalue weighted by molar-refractivity contribution is 0.176. The summed E-state index contributed by atoms with van der Waals surface area (Å²) in [6.45, 7) is 3.91. The lowest BCUT2D eigenvalue weighted by Crippen LogP contribution is -2.03. The average molecular weight is 310 g/mol. The van der Waals surface area contributed by atoms with Crippen LogP contribution in [0.2, 0.25) is 0 Å². The topological polar surface area (TPSA) is 57.4 Å². The fourth-order valence-electron chi connectivity index (χ4n) is 2.15. The number of hydrogen-bond donors (Lipinski definition) is 0. The molecular weight excluding hydrogens is 292 g/mol. The van der Waals surface area contributed by atoms with Gasteiger partial charge in [0.1, 0.15) is 11.5 Å². The highest BCUT2D eigenvalue weighted by Gasteiger charge is 2.17. The van der Waals surface area contributed by atoms with E-state index >= 15 is 0 Å². The van der Waals surface area contributed by atoms with Crippen LogP contribution in [0.15, 0.2) is 53.1 Å². The number of aryl methyl sites for hydroxylation is 1. The number of ether oxygens (including phenoxy) is 2. The zero-order valence-electron chi connectivity index (χ0n) is 13.3. The molecule has 23 heavy (non-hydrogen) atoms. The average Bonchev–Trinajstić information content (AvgIpc) is 3.07. The van der Waals surface area contributed by atoms with E-state index in [1.54, 1.807) is 7.11 Å². The minimum absolute atomic E-state index is 0.329. The summed E-state index contributed by atoms with van der Waals surface area (Å²) < 4.78 is 16.4. The molecule has 118 valence electrons. The predicted molar refractivity (Wildman–Crippen MR) is 86.5 cm³/mol. The van der Waals surface area contributed by atoms with Crippen LogP contribution in [0.25, 0.3) is 11.4 Å². The molecule has 3 aromatic rings. The quantitative estimate of drug-likeness (QED) is 0.707. The monoisotopic (exact) mass is 310 g/mol. The van der Waals surface area contributed by atoms with Crippen LogP contribution < -0.4 is 9.47 Å². The van der Waals surface area contributed by atoms with Crippen molar-refractivity contribution in [3.63, 3.8) is 0 Å². The molecular formula is C18H18N2O3. The van der Waals surface area contributed by atoms with E-state index in [1.807, 2.05) is 62.4 Å². The molecule has 0 aliphatic carbocycles. The maximum Gasteiger partial charge on any atom is 0.267 e. The molecule has 0 spiro atoms. The molecule has 0 amide bonds. The first kappa shape index (κ1) is 15.1. The summed E-state index contributed by atoms with van der Waals surface area (Å²) in [7, 11) is 1.62. The first-order valence-corrected chi connectivity index (χ1v) is 7.37. The second kappa shape index (κ2) is 6.52. The molecule has 5 nitrogen and oxygen atoms in total. The van der Waals surface area contributed by atoms with Crippen LogP contribution in [0.3, 0.4) is 0 Å². The van der Waals surface area contributed by atoms with Gasteiger partial charge in [-0.25, -0.2) is 0 Å². The van der Waals surface area contributed by atoms with Crippen molar-refractivity contribution >= 4 is 0 Å². The van der Waals surface area contributed by atoms with Gasteiger partial charge >= 0.3 is 0 Å². The van der Waals surface area contributed by atoms with Crippen LogP contribution in [-0.2, 0) is 0 Å². The van der Waals surface area contributed by atoms with Crippen LogP contribution in [0.1, 0.15) is 24.5 Å². The zero-order valence-corrected chi connectivity index (χ0v) is 13.3. The molecule has 1 aromatic heterocycles. The molecule has 0 radical (unpaired) electrons. The zero-order chi connectivity index (χ0) is 16.2. The van der Waals surface area contributed by atoms with Gasteiger partial charge in [-0.3, -0.25) is 0 Å². The maximum atomic E-state index is 5.83. The standard InChI is InChI=1S/C18H18N2O3/c1-12-7-9-15(10-8-12)22-13(2)18-19-17(20-23-18)14-5-4-6-16(11-14)21-3/h4-11,13H,1-3H3. The van der Waals surface area contributed by atoms with E-state index in [9.17, 15) is 0 Å². The van der Waals surface area contributed by atoms with Crippen molar-refractivity contribution in [1.82, 2.24) is 10.1 Å². The third-order valence-corrected chi connectivity index (χ3v) is 3.45. The Morgan fingerprint density at radius 2 is 1.83 bits per heavy atom. The summed E-state index contributed by atoms with van der Waals surface area (Å²) in [5, 5.41) is 4.02. The van der Waals surface area contributed by atoms with Gasteiger partial charge in [-0.1, -0.05) is 35.0 Å². The second-order valence-corrected chi connectivity index (χ2v) is 5.26. The summed E-state index contributed by atoms with van der Waals surface area (Å²) in [6.07, 6.45) is -0.329. The van der Waals surface area contributed by atoms with Gasteiger partial charge < -0.3 is 14.0 Å². The van der Waals surface area contributed by atoms with Gasteiger partial charge in [0.05, 0.1) is 7.11 Å². The van der Waals surface area contributed by atoms with Crippen molar-refractivity contribution in [1.29, 1.82) is 0 Å². The predicted octanol–water partition coefficient (Wildman–Crippen LogP) is 4.19. The first-order valence-electron chi connectivity index (χ1n) is 7.37. The highest BCUT2D eigenvalue weighted by atomic mass is 16.5. The molecule has 1 atom stereocenters. The van der Waals surface area contributed by atoms with Crippen LogP contribution in [0, 0.1) is 6.92 Å². The van der Waals surface area contributed by atoms with E-state index < -0.39 is 0 Å². The molecule has 0 fully saturated rings. The molecule has 3 rings (SSSR count). The van der Waals surface area contributed by atoms with E-state index in [0.29, 0.717) is 11.7 Å². The Bertz CT molecular complexity index is 781. The SMILES string of the molecule is COc1cccc(-c2noc(C(C)Oc3ccc(C)cc3)n2)c1. The van der Waals surface area contributed by atoms with E-state index in [2.05, 4.69) is 10.1 Å². The van der Waals surface area contributed by atoms with E-state index in [0.717, 1.165) is 17.1 Å². The first-order chi connectivity index (χ1) is 11.2. The Labute approximate surface area is 134 Å². The van der Waals surface area contributed by atoms with Crippen molar-refractivity contribution in [3.05, 3.63) is 60.0 Å². The van der Waals surface area contributed by atoms with Crippen LogP contribution in [0.4, 0.5) is 0 Å². The Morgan fingerprint density at radius 1 is 1.04 bits per heavy atom. The third kappa shape index (κ3) is 3.51. The van der Waals surface area contributed by atoms with Gasteiger partial charge in [-0.05, 0) is 38.1 Å².